The van der Waals surface area contributed by atoms with Gasteiger partial charge in [-0.15, -0.1) is 0 Å². The number of carboxylic acid groups (broad SMARTS) is 1. The normalized spacial score (nSPS) is 11.7. The average Bonchev–Trinajstić information content (AvgIpc) is 2.27. The first-order valence-corrected chi connectivity index (χ1v) is 5.28. The largest absolute Gasteiger partial charge is 0.480 e. The third-order valence-corrected chi connectivity index (χ3v) is 2.53. The number of carbonyl (C=O) groups excluding carboxylic acids is 2. The molecule has 0 bridgehead atoms. The second kappa shape index (κ2) is 5.38. The third kappa shape index (κ3) is 3.01. The van der Waals surface area contributed by atoms with Gasteiger partial charge in [0.05, 0.1) is 10.5 Å². The van der Waals surface area contributed by atoms with Crippen LogP contribution < -0.4 is 0 Å². The van der Waals surface area contributed by atoms with E-state index in [9.17, 15) is 24.5 Å². The minimum absolute atomic E-state index is 0.377. The lowest BCUT2D eigenvalue weighted by Gasteiger charge is -2.08. The van der Waals surface area contributed by atoms with Gasteiger partial charge in [-0.05, 0) is 25.5 Å². The van der Waals surface area contributed by atoms with Gasteiger partial charge in [-0.25, -0.2) is 0 Å². The number of benzene rings is 1. The summed E-state index contributed by atoms with van der Waals surface area (Å²) in [5.74, 6) is -5.48. The van der Waals surface area contributed by atoms with Crippen molar-refractivity contribution in [3.63, 3.8) is 0 Å². The molecule has 7 nitrogen and oxygen atoms in total. The summed E-state index contributed by atoms with van der Waals surface area (Å²) in [7, 11) is 0. The maximum atomic E-state index is 12.0. The van der Waals surface area contributed by atoms with Crippen molar-refractivity contribution in [2.75, 3.05) is 0 Å². The molecule has 100 valence electrons. The highest BCUT2D eigenvalue weighted by Gasteiger charge is 2.35. The fraction of sp³-hybridized carbons (Fsp3) is 0.250. The van der Waals surface area contributed by atoms with Crippen LogP contribution in [0.3, 0.4) is 0 Å². The van der Waals surface area contributed by atoms with E-state index in [-0.39, 0.29) is 5.56 Å². The van der Waals surface area contributed by atoms with Crippen molar-refractivity contribution >= 4 is 23.2 Å². The lowest BCUT2D eigenvalue weighted by molar-refractivity contribution is -0.385. The monoisotopic (exact) mass is 265 g/mol. The molecular weight excluding hydrogens is 254 g/mol. The summed E-state index contributed by atoms with van der Waals surface area (Å²) in [6.07, 6.45) is 0. The lowest BCUT2D eigenvalue weighted by atomic mass is 9.93. The van der Waals surface area contributed by atoms with Crippen molar-refractivity contribution < 1.29 is 24.4 Å². The molecule has 0 fully saturated rings. The summed E-state index contributed by atoms with van der Waals surface area (Å²) < 4.78 is 0. The topological polar surface area (TPSA) is 115 Å². The zero-order valence-electron chi connectivity index (χ0n) is 10.2. The maximum Gasteiger partial charge on any atom is 0.322 e. The molecule has 1 N–H and O–H groups in total. The Hall–Kier alpha value is -2.57. The summed E-state index contributed by atoms with van der Waals surface area (Å²) in [5, 5.41) is 19.7. The predicted octanol–water partition coefficient (Wildman–Crippen LogP) is 1.38. The second-order valence-corrected chi connectivity index (χ2v) is 4.02. The Kier molecular flexibility index (Phi) is 4.11. The molecule has 0 spiro atoms. The molecule has 1 aromatic carbocycles. The van der Waals surface area contributed by atoms with E-state index in [1.807, 2.05) is 0 Å². The molecule has 19 heavy (non-hydrogen) atoms. The summed E-state index contributed by atoms with van der Waals surface area (Å²) in [5.41, 5.74) is -0.325. The van der Waals surface area contributed by atoms with E-state index in [1.165, 1.54) is 6.07 Å². The van der Waals surface area contributed by atoms with Gasteiger partial charge in [0.15, 0.2) is 17.5 Å². The summed E-state index contributed by atoms with van der Waals surface area (Å²) in [4.78, 5) is 44.1. The van der Waals surface area contributed by atoms with Crippen LogP contribution in [0.4, 0.5) is 5.69 Å². The molecule has 1 unspecified atom stereocenters. The molecule has 0 aliphatic rings. The van der Waals surface area contributed by atoms with E-state index in [4.69, 9.17) is 5.11 Å². The van der Waals surface area contributed by atoms with Crippen LogP contribution in [0.15, 0.2) is 18.2 Å². The quantitative estimate of drug-likeness (QED) is 0.372. The number of Topliss-reactive ketones (excluding diaryl/α,β-unsaturated/α-hetero) is 2. The number of carboxylic acids is 1. The van der Waals surface area contributed by atoms with E-state index < -0.39 is 34.1 Å². The van der Waals surface area contributed by atoms with Crippen LogP contribution in [0.2, 0.25) is 0 Å². The van der Waals surface area contributed by atoms with Gasteiger partial charge in [-0.3, -0.25) is 24.5 Å². The number of ketones is 2. The molecule has 0 saturated heterocycles. The van der Waals surface area contributed by atoms with E-state index >= 15 is 0 Å². The molecule has 7 heteroatoms. The van der Waals surface area contributed by atoms with Crippen LogP contribution in [0.5, 0.6) is 0 Å². The van der Waals surface area contributed by atoms with Crippen LogP contribution in [-0.4, -0.2) is 27.6 Å². The van der Waals surface area contributed by atoms with Crippen LogP contribution >= 0.6 is 0 Å². The van der Waals surface area contributed by atoms with Gasteiger partial charge in [-0.2, -0.15) is 0 Å². The average molecular weight is 265 g/mol. The molecule has 0 radical (unpaired) electrons. The molecule has 0 aromatic heterocycles. The first kappa shape index (κ1) is 14.5. The fourth-order valence-electron chi connectivity index (χ4n) is 1.63. The molecular formula is C12H11NO6. The van der Waals surface area contributed by atoms with Crippen molar-refractivity contribution in [1.29, 1.82) is 0 Å². The van der Waals surface area contributed by atoms with E-state index in [1.54, 1.807) is 6.92 Å². The Morgan fingerprint density at radius 1 is 1.32 bits per heavy atom. The Balaban J connectivity index is 3.37. The van der Waals surface area contributed by atoms with Gasteiger partial charge >= 0.3 is 5.97 Å². The summed E-state index contributed by atoms with van der Waals surface area (Å²) in [6, 6.07) is 3.76. The smallest absolute Gasteiger partial charge is 0.322 e. The maximum absolute atomic E-state index is 12.0. The molecule has 0 saturated carbocycles. The second-order valence-electron chi connectivity index (χ2n) is 4.02. The minimum atomic E-state index is -1.92. The van der Waals surface area contributed by atoms with Gasteiger partial charge in [0.2, 0.25) is 0 Å². The SMILES string of the molecule is CC(=O)C(C(=O)O)C(=O)c1ccc(C)cc1[N+](=O)[O-]. The van der Waals surface area contributed by atoms with E-state index in [0.29, 0.717) is 5.56 Å². The Morgan fingerprint density at radius 3 is 2.32 bits per heavy atom. The zero-order chi connectivity index (χ0) is 14.7. The number of aliphatic carboxylic acids is 1. The lowest BCUT2D eigenvalue weighted by Crippen LogP contribution is -2.30. The molecule has 1 aromatic rings. The molecule has 0 heterocycles. The van der Waals surface area contributed by atoms with Crippen molar-refractivity contribution in [2.24, 2.45) is 5.92 Å². The van der Waals surface area contributed by atoms with Crippen LogP contribution in [-0.2, 0) is 9.59 Å². The van der Waals surface area contributed by atoms with E-state index in [0.717, 1.165) is 19.1 Å². The first-order chi connectivity index (χ1) is 8.75. The highest BCUT2D eigenvalue weighted by Crippen LogP contribution is 2.23. The summed E-state index contributed by atoms with van der Waals surface area (Å²) >= 11 is 0. The van der Waals surface area contributed by atoms with Crippen molar-refractivity contribution in [1.82, 2.24) is 0 Å². The van der Waals surface area contributed by atoms with Crippen molar-refractivity contribution in [2.45, 2.75) is 13.8 Å². The van der Waals surface area contributed by atoms with Gasteiger partial charge in [0.1, 0.15) is 0 Å². The molecule has 0 aliphatic heterocycles. The first-order valence-electron chi connectivity index (χ1n) is 5.28. The predicted molar refractivity (Wildman–Crippen MR) is 64.0 cm³/mol. The fourth-order valence-corrected chi connectivity index (χ4v) is 1.63. The van der Waals surface area contributed by atoms with Gasteiger partial charge in [0, 0.05) is 6.07 Å². The van der Waals surface area contributed by atoms with Crippen molar-refractivity contribution in [3.8, 4) is 0 Å². The summed E-state index contributed by atoms with van der Waals surface area (Å²) in [6.45, 7) is 2.55. The third-order valence-electron chi connectivity index (χ3n) is 2.53. The molecule has 0 amide bonds. The van der Waals surface area contributed by atoms with Crippen molar-refractivity contribution in [3.05, 3.63) is 39.4 Å². The Bertz CT molecular complexity index is 564. The highest BCUT2D eigenvalue weighted by molar-refractivity contribution is 6.22. The van der Waals surface area contributed by atoms with Crippen LogP contribution in [0, 0.1) is 23.0 Å². The number of carbonyl (C=O) groups is 3. The Morgan fingerprint density at radius 2 is 1.89 bits per heavy atom. The molecule has 1 atom stereocenters. The number of rotatable bonds is 5. The number of nitro benzene ring substituents is 1. The van der Waals surface area contributed by atoms with Crippen LogP contribution in [0.1, 0.15) is 22.8 Å². The molecule has 0 aliphatic carbocycles. The van der Waals surface area contributed by atoms with Gasteiger partial charge in [0.25, 0.3) is 5.69 Å². The number of hydrogen-bond donors (Lipinski definition) is 1. The molecule has 1 rings (SSSR count). The number of aryl methyl sites for hydroxylation is 1. The zero-order valence-corrected chi connectivity index (χ0v) is 10.2. The standard InChI is InChI=1S/C12H11NO6/c1-6-3-4-8(9(5-6)13(18)19)11(15)10(7(2)14)12(16)17/h3-5,10H,1-2H3,(H,16,17). The van der Waals surface area contributed by atoms with Crippen LogP contribution in [0.25, 0.3) is 0 Å². The van der Waals surface area contributed by atoms with E-state index in [2.05, 4.69) is 0 Å². The van der Waals surface area contributed by atoms with Gasteiger partial charge < -0.3 is 5.11 Å². The number of nitrogens with zero attached hydrogens (tertiary/aromatic N) is 1. The number of hydrogen-bond acceptors (Lipinski definition) is 5. The van der Waals surface area contributed by atoms with Gasteiger partial charge in [-0.1, -0.05) is 6.07 Å². The minimum Gasteiger partial charge on any atom is -0.480 e. The highest BCUT2D eigenvalue weighted by atomic mass is 16.6. The number of nitro groups is 1. The Labute approximate surface area is 108 Å².